The van der Waals surface area contributed by atoms with Crippen molar-refractivity contribution in [1.29, 1.82) is 0 Å². The molecule has 0 amide bonds. The second kappa shape index (κ2) is 8.95. The molecule has 30 heavy (non-hydrogen) atoms. The first-order valence-electron chi connectivity index (χ1n) is 10.0. The van der Waals surface area contributed by atoms with Crippen molar-refractivity contribution in [3.63, 3.8) is 0 Å². The van der Waals surface area contributed by atoms with E-state index in [1.165, 1.54) is 0 Å². The highest BCUT2D eigenvalue weighted by atomic mass is 16.5. The van der Waals surface area contributed by atoms with Crippen LogP contribution in [0.3, 0.4) is 0 Å². The molecule has 0 saturated heterocycles. The number of esters is 2. The summed E-state index contributed by atoms with van der Waals surface area (Å²) < 4.78 is 11.1. The second-order valence-electron chi connectivity index (χ2n) is 7.47. The van der Waals surface area contributed by atoms with E-state index in [-0.39, 0.29) is 0 Å². The Labute approximate surface area is 177 Å². The third-order valence-electron chi connectivity index (χ3n) is 5.25. The van der Waals surface area contributed by atoms with Gasteiger partial charge in [0.25, 0.3) is 0 Å². The van der Waals surface area contributed by atoms with E-state index in [4.69, 9.17) is 9.47 Å². The van der Waals surface area contributed by atoms with Crippen LogP contribution in [-0.4, -0.2) is 11.9 Å². The summed E-state index contributed by atoms with van der Waals surface area (Å²) in [7, 11) is 0. The first-order valence-corrected chi connectivity index (χ1v) is 10.0. The predicted molar refractivity (Wildman–Crippen MR) is 118 cm³/mol. The molecule has 154 valence electrons. The van der Waals surface area contributed by atoms with Gasteiger partial charge in [0.2, 0.25) is 0 Å². The maximum Gasteiger partial charge on any atom is 0.344 e. The Hall–Kier alpha value is -3.40. The van der Waals surface area contributed by atoms with E-state index in [2.05, 4.69) is 0 Å². The maximum atomic E-state index is 12.9. The molecule has 0 spiro atoms. The molecule has 3 aromatic carbocycles. The zero-order valence-electron chi connectivity index (χ0n) is 18.0. The molecule has 0 bridgehead atoms. The molecule has 0 saturated carbocycles. The number of aryl methyl sites for hydroxylation is 3. The summed E-state index contributed by atoms with van der Waals surface area (Å²) >= 11 is 0. The van der Waals surface area contributed by atoms with Crippen molar-refractivity contribution in [3.8, 4) is 11.5 Å². The van der Waals surface area contributed by atoms with Gasteiger partial charge in [0.05, 0.1) is 11.1 Å². The second-order valence-corrected chi connectivity index (χ2v) is 7.47. The summed E-state index contributed by atoms with van der Waals surface area (Å²) in [6.45, 7) is 9.55. The van der Waals surface area contributed by atoms with Gasteiger partial charge in [-0.3, -0.25) is 0 Å². The highest BCUT2D eigenvalue weighted by molar-refractivity contribution is 5.99. The van der Waals surface area contributed by atoms with Crippen LogP contribution in [0, 0.1) is 27.7 Å². The number of hydrogen-bond acceptors (Lipinski definition) is 4. The molecule has 4 heteroatoms. The van der Waals surface area contributed by atoms with E-state index < -0.39 is 11.9 Å². The van der Waals surface area contributed by atoms with Gasteiger partial charge in [-0.25, -0.2) is 9.59 Å². The van der Waals surface area contributed by atoms with E-state index in [1.807, 2.05) is 58.9 Å². The number of rotatable bonds is 5. The van der Waals surface area contributed by atoms with Gasteiger partial charge in [0, 0.05) is 0 Å². The molecule has 0 aromatic heterocycles. The van der Waals surface area contributed by atoms with Crippen molar-refractivity contribution in [2.45, 2.75) is 41.0 Å². The smallest absolute Gasteiger partial charge is 0.344 e. The van der Waals surface area contributed by atoms with Crippen LogP contribution < -0.4 is 9.47 Å². The lowest BCUT2D eigenvalue weighted by Crippen LogP contribution is -2.18. The normalized spacial score (nSPS) is 10.6. The van der Waals surface area contributed by atoms with Gasteiger partial charge in [-0.05, 0) is 81.1 Å². The van der Waals surface area contributed by atoms with E-state index >= 15 is 0 Å². The van der Waals surface area contributed by atoms with Crippen molar-refractivity contribution in [2.75, 3.05) is 0 Å². The zero-order chi connectivity index (χ0) is 21.8. The molecule has 4 nitrogen and oxygen atoms in total. The molecular weight excluding hydrogens is 376 g/mol. The Balaban J connectivity index is 1.91. The van der Waals surface area contributed by atoms with Crippen LogP contribution >= 0.6 is 0 Å². The molecule has 0 atom stereocenters. The Morgan fingerprint density at radius 2 is 1.17 bits per heavy atom. The fourth-order valence-electron chi connectivity index (χ4n) is 3.29. The summed E-state index contributed by atoms with van der Waals surface area (Å²) in [4.78, 5) is 25.7. The van der Waals surface area contributed by atoms with Crippen molar-refractivity contribution in [2.24, 2.45) is 0 Å². The third-order valence-corrected chi connectivity index (χ3v) is 5.25. The van der Waals surface area contributed by atoms with Gasteiger partial charge in [0.1, 0.15) is 11.5 Å². The average Bonchev–Trinajstić information content (AvgIpc) is 2.73. The molecular formula is C26H26O4. The molecule has 0 radical (unpaired) electrons. The van der Waals surface area contributed by atoms with Gasteiger partial charge in [-0.2, -0.15) is 0 Å². The number of benzene rings is 3. The molecule has 0 N–H and O–H groups in total. The van der Waals surface area contributed by atoms with E-state index in [1.54, 1.807) is 30.3 Å². The molecule has 0 aliphatic rings. The van der Waals surface area contributed by atoms with Crippen LogP contribution in [0.2, 0.25) is 0 Å². The minimum absolute atomic E-state index is 0.422. The van der Waals surface area contributed by atoms with E-state index in [0.717, 1.165) is 22.3 Å². The Bertz CT molecular complexity index is 1080. The Morgan fingerprint density at radius 3 is 1.63 bits per heavy atom. The first kappa shape index (κ1) is 21.3. The van der Waals surface area contributed by atoms with Gasteiger partial charge in [-0.15, -0.1) is 0 Å². The van der Waals surface area contributed by atoms with Crippen molar-refractivity contribution in [3.05, 3.63) is 93.5 Å². The molecule has 3 rings (SSSR count). The molecule has 0 aliphatic heterocycles. The van der Waals surface area contributed by atoms with Gasteiger partial charge in [0.15, 0.2) is 0 Å². The van der Waals surface area contributed by atoms with Gasteiger partial charge < -0.3 is 9.47 Å². The number of carbonyl (C=O) groups is 2. The molecule has 0 unspecified atom stereocenters. The SMILES string of the molecule is CCc1cc(C(=O)Oc2ccc(C)cc2)c(C)c(C)c1C(=O)Oc1ccc(C)cc1. The van der Waals surface area contributed by atoms with Crippen LogP contribution in [0.15, 0.2) is 54.6 Å². The van der Waals surface area contributed by atoms with E-state index in [9.17, 15) is 9.59 Å². The monoisotopic (exact) mass is 402 g/mol. The standard InChI is InChI=1S/C26H26O4/c1-6-20-15-23(25(27)29-21-11-7-16(2)8-12-21)18(4)19(5)24(20)26(28)30-22-13-9-17(3)10-14-22/h7-15H,6H2,1-5H3. The van der Waals surface area contributed by atoms with Crippen LogP contribution in [0.1, 0.15) is 55.5 Å². The van der Waals surface area contributed by atoms with Gasteiger partial charge in [-0.1, -0.05) is 42.3 Å². The highest BCUT2D eigenvalue weighted by Gasteiger charge is 2.23. The topological polar surface area (TPSA) is 52.6 Å². The van der Waals surface area contributed by atoms with Crippen molar-refractivity contribution < 1.29 is 19.1 Å². The van der Waals surface area contributed by atoms with Crippen molar-refractivity contribution >= 4 is 11.9 Å². The molecule has 0 aliphatic carbocycles. The molecule has 0 heterocycles. The summed E-state index contributed by atoms with van der Waals surface area (Å²) in [6.07, 6.45) is 0.588. The lowest BCUT2D eigenvalue weighted by atomic mass is 9.92. The highest BCUT2D eigenvalue weighted by Crippen LogP contribution is 2.26. The maximum absolute atomic E-state index is 12.9. The lowest BCUT2D eigenvalue weighted by Gasteiger charge is -2.17. The summed E-state index contributed by atoms with van der Waals surface area (Å²) in [5, 5.41) is 0. The largest absolute Gasteiger partial charge is 0.423 e. The number of hydrogen-bond donors (Lipinski definition) is 0. The third kappa shape index (κ3) is 4.60. The predicted octanol–water partition coefficient (Wildman–Crippen LogP) is 5.92. The van der Waals surface area contributed by atoms with Crippen LogP contribution in [0.4, 0.5) is 0 Å². The lowest BCUT2D eigenvalue weighted by molar-refractivity contribution is 0.0718. The van der Waals surface area contributed by atoms with E-state index in [0.29, 0.717) is 34.6 Å². The van der Waals surface area contributed by atoms with Crippen LogP contribution in [0.25, 0.3) is 0 Å². The quantitative estimate of drug-likeness (QED) is 0.393. The minimum Gasteiger partial charge on any atom is -0.423 e. The first-order chi connectivity index (χ1) is 14.3. The summed E-state index contributed by atoms with van der Waals surface area (Å²) in [5.74, 6) is 0.124. The summed E-state index contributed by atoms with van der Waals surface area (Å²) in [5.41, 5.74) is 5.33. The fourth-order valence-corrected chi connectivity index (χ4v) is 3.29. The molecule has 3 aromatic rings. The fraction of sp³-hybridized carbons (Fsp3) is 0.231. The van der Waals surface area contributed by atoms with Crippen LogP contribution in [0.5, 0.6) is 11.5 Å². The average molecular weight is 402 g/mol. The van der Waals surface area contributed by atoms with Crippen molar-refractivity contribution in [1.82, 2.24) is 0 Å². The Morgan fingerprint density at radius 1 is 0.700 bits per heavy atom. The number of ether oxygens (including phenoxy) is 2. The van der Waals surface area contributed by atoms with Gasteiger partial charge >= 0.3 is 11.9 Å². The molecule has 0 fully saturated rings. The summed E-state index contributed by atoms with van der Waals surface area (Å²) in [6, 6.07) is 16.4. The minimum atomic E-state index is -0.437. The van der Waals surface area contributed by atoms with Crippen LogP contribution in [-0.2, 0) is 6.42 Å². The number of carbonyl (C=O) groups excluding carboxylic acids is 2. The zero-order valence-corrected chi connectivity index (χ0v) is 18.0. The Kier molecular flexibility index (Phi) is 6.36.